The molecule has 0 saturated carbocycles. The first-order valence-corrected chi connectivity index (χ1v) is 9.20. The van der Waals surface area contributed by atoms with E-state index in [-0.39, 0.29) is 4.91 Å². The zero-order chi connectivity index (χ0) is 17.1. The molecular formula is C17H24N2O3S. The quantitative estimate of drug-likeness (QED) is 0.615. The molecule has 0 heterocycles. The highest BCUT2D eigenvalue weighted by Gasteiger charge is 2.35. The fourth-order valence-corrected chi connectivity index (χ4v) is 3.86. The standard InChI is InChI=1S/C17H24N2O3S/c1-3-19(4-2)17(18)11-10-16(23(20,21)22)15(13-17)12-14-8-6-5-7-9-14/h5-11H,3-4,12-13,18H2,1-2H3,(H,20,21,22). The molecule has 1 atom stereocenters. The van der Waals surface area contributed by atoms with Crippen LogP contribution in [0.4, 0.5) is 0 Å². The van der Waals surface area contributed by atoms with Crippen LogP contribution < -0.4 is 5.73 Å². The van der Waals surface area contributed by atoms with Crippen molar-refractivity contribution in [2.24, 2.45) is 5.73 Å². The second kappa shape index (κ2) is 6.97. The summed E-state index contributed by atoms with van der Waals surface area (Å²) in [6.45, 7) is 5.56. The average molecular weight is 336 g/mol. The Kier molecular flexibility index (Phi) is 5.41. The number of nitrogens with two attached hydrogens (primary N) is 1. The zero-order valence-corrected chi connectivity index (χ0v) is 14.4. The minimum absolute atomic E-state index is 0.0328. The normalized spacial score (nSPS) is 22.0. The van der Waals surface area contributed by atoms with Crippen LogP contribution in [0.1, 0.15) is 25.8 Å². The van der Waals surface area contributed by atoms with E-state index >= 15 is 0 Å². The average Bonchev–Trinajstić information content (AvgIpc) is 2.48. The van der Waals surface area contributed by atoms with Gasteiger partial charge in [-0.25, -0.2) is 0 Å². The number of likely N-dealkylation sites (N-methyl/N-ethyl adjacent to an activating group) is 1. The Bertz CT molecular complexity index is 707. The molecule has 1 aliphatic rings. The maximum atomic E-state index is 11.7. The molecule has 23 heavy (non-hydrogen) atoms. The molecule has 0 radical (unpaired) electrons. The van der Waals surface area contributed by atoms with E-state index in [0.29, 0.717) is 18.4 Å². The Hall–Kier alpha value is -1.47. The first-order valence-electron chi connectivity index (χ1n) is 7.76. The van der Waals surface area contributed by atoms with Gasteiger partial charge < -0.3 is 5.73 Å². The van der Waals surface area contributed by atoms with Crippen LogP contribution in [0.2, 0.25) is 0 Å². The second-order valence-corrected chi connectivity index (χ2v) is 7.17. The molecular weight excluding hydrogens is 312 g/mol. The van der Waals surface area contributed by atoms with Crippen molar-refractivity contribution >= 4 is 10.1 Å². The van der Waals surface area contributed by atoms with Crippen molar-refractivity contribution in [3.63, 3.8) is 0 Å². The molecule has 0 aliphatic heterocycles. The van der Waals surface area contributed by atoms with E-state index in [1.807, 2.05) is 44.2 Å². The van der Waals surface area contributed by atoms with Gasteiger partial charge in [0.2, 0.25) is 0 Å². The van der Waals surface area contributed by atoms with Crippen molar-refractivity contribution in [2.45, 2.75) is 32.4 Å². The topological polar surface area (TPSA) is 83.6 Å². The van der Waals surface area contributed by atoms with Gasteiger partial charge in [0, 0.05) is 6.42 Å². The van der Waals surface area contributed by atoms with E-state index in [9.17, 15) is 13.0 Å². The van der Waals surface area contributed by atoms with Gasteiger partial charge in [-0.05, 0) is 42.8 Å². The molecule has 0 saturated heterocycles. The van der Waals surface area contributed by atoms with Crippen molar-refractivity contribution in [2.75, 3.05) is 13.1 Å². The van der Waals surface area contributed by atoms with Crippen LogP contribution >= 0.6 is 0 Å². The second-order valence-electron chi connectivity index (χ2n) is 5.78. The van der Waals surface area contributed by atoms with Crippen LogP contribution in [0.3, 0.4) is 0 Å². The highest BCUT2D eigenvalue weighted by Crippen LogP contribution is 2.32. The molecule has 0 amide bonds. The number of rotatable bonds is 6. The fourth-order valence-electron chi connectivity index (χ4n) is 3.12. The molecule has 1 aliphatic carbocycles. The molecule has 5 nitrogen and oxygen atoms in total. The van der Waals surface area contributed by atoms with Crippen LogP contribution in [0.5, 0.6) is 0 Å². The molecule has 6 heteroatoms. The molecule has 3 N–H and O–H groups in total. The highest BCUT2D eigenvalue weighted by atomic mass is 32.2. The minimum Gasteiger partial charge on any atom is -0.310 e. The lowest BCUT2D eigenvalue weighted by Crippen LogP contribution is -2.55. The Balaban J connectivity index is 2.42. The predicted octanol–water partition coefficient (Wildman–Crippen LogP) is 2.33. The molecule has 2 rings (SSSR count). The van der Waals surface area contributed by atoms with Crippen molar-refractivity contribution in [1.82, 2.24) is 4.90 Å². The van der Waals surface area contributed by atoms with Gasteiger partial charge in [0.1, 0.15) is 0 Å². The summed E-state index contributed by atoms with van der Waals surface area (Å²) in [7, 11) is -4.27. The van der Waals surface area contributed by atoms with Gasteiger partial charge in [-0.15, -0.1) is 0 Å². The molecule has 1 unspecified atom stereocenters. The van der Waals surface area contributed by atoms with Gasteiger partial charge in [-0.1, -0.05) is 44.2 Å². The van der Waals surface area contributed by atoms with Gasteiger partial charge in [0.15, 0.2) is 0 Å². The maximum absolute atomic E-state index is 11.7. The van der Waals surface area contributed by atoms with E-state index in [1.54, 1.807) is 6.08 Å². The summed E-state index contributed by atoms with van der Waals surface area (Å²) < 4.78 is 32.9. The summed E-state index contributed by atoms with van der Waals surface area (Å²) in [5.41, 5.74) is 7.39. The molecule has 126 valence electrons. The lowest BCUT2D eigenvalue weighted by Gasteiger charge is -2.40. The first-order chi connectivity index (χ1) is 10.8. The summed E-state index contributed by atoms with van der Waals surface area (Å²) in [5.74, 6) is 0. The molecule has 0 bridgehead atoms. The SMILES string of the molecule is CCN(CC)C1(N)C=CC(S(=O)(=O)O)=C(Cc2ccccc2)C1. The van der Waals surface area contributed by atoms with E-state index in [4.69, 9.17) is 5.73 Å². The van der Waals surface area contributed by atoms with Crippen LogP contribution in [0, 0.1) is 0 Å². The van der Waals surface area contributed by atoms with Crippen LogP contribution in [-0.4, -0.2) is 36.6 Å². The molecule has 0 fully saturated rings. The zero-order valence-electron chi connectivity index (χ0n) is 13.6. The van der Waals surface area contributed by atoms with Crippen LogP contribution in [-0.2, 0) is 16.5 Å². The predicted molar refractivity (Wildman–Crippen MR) is 92.3 cm³/mol. The minimum atomic E-state index is -4.27. The molecule has 1 aromatic rings. The molecule has 0 spiro atoms. The van der Waals surface area contributed by atoms with E-state index < -0.39 is 15.8 Å². The number of hydrogen-bond donors (Lipinski definition) is 2. The van der Waals surface area contributed by atoms with Gasteiger partial charge in [-0.2, -0.15) is 8.42 Å². The number of allylic oxidation sites excluding steroid dienone is 1. The number of benzene rings is 1. The maximum Gasteiger partial charge on any atom is 0.294 e. The van der Waals surface area contributed by atoms with Gasteiger partial charge in [0.05, 0.1) is 10.6 Å². The third-order valence-corrected chi connectivity index (χ3v) is 5.24. The van der Waals surface area contributed by atoms with Gasteiger partial charge >= 0.3 is 0 Å². The Morgan fingerprint density at radius 2 is 1.83 bits per heavy atom. The van der Waals surface area contributed by atoms with Crippen molar-refractivity contribution in [3.8, 4) is 0 Å². The number of nitrogens with zero attached hydrogens (tertiary/aromatic N) is 1. The lowest BCUT2D eigenvalue weighted by atomic mass is 9.89. The summed E-state index contributed by atoms with van der Waals surface area (Å²) in [4.78, 5) is 2.05. The first kappa shape index (κ1) is 17.9. The van der Waals surface area contributed by atoms with Crippen LogP contribution in [0.25, 0.3) is 0 Å². The fraction of sp³-hybridized carbons (Fsp3) is 0.412. The lowest BCUT2D eigenvalue weighted by molar-refractivity contribution is 0.148. The summed E-state index contributed by atoms with van der Waals surface area (Å²) in [6.07, 6.45) is 3.93. The van der Waals surface area contributed by atoms with E-state index in [1.165, 1.54) is 6.08 Å². The molecule has 1 aromatic carbocycles. The smallest absolute Gasteiger partial charge is 0.294 e. The van der Waals surface area contributed by atoms with E-state index in [2.05, 4.69) is 4.90 Å². The Labute approximate surface area is 138 Å². The van der Waals surface area contributed by atoms with Crippen molar-refractivity contribution in [1.29, 1.82) is 0 Å². The summed E-state index contributed by atoms with van der Waals surface area (Å²) in [6, 6.07) is 9.58. The number of hydrogen-bond acceptors (Lipinski definition) is 4. The van der Waals surface area contributed by atoms with E-state index in [0.717, 1.165) is 18.7 Å². The Morgan fingerprint density at radius 1 is 1.22 bits per heavy atom. The van der Waals surface area contributed by atoms with Crippen molar-refractivity contribution in [3.05, 3.63) is 58.5 Å². The van der Waals surface area contributed by atoms with Gasteiger partial charge in [0.25, 0.3) is 10.1 Å². The highest BCUT2D eigenvalue weighted by molar-refractivity contribution is 7.90. The largest absolute Gasteiger partial charge is 0.310 e. The third kappa shape index (κ3) is 4.09. The van der Waals surface area contributed by atoms with Gasteiger partial charge in [-0.3, -0.25) is 9.45 Å². The summed E-state index contributed by atoms with van der Waals surface area (Å²) >= 11 is 0. The summed E-state index contributed by atoms with van der Waals surface area (Å²) in [5, 5.41) is 0. The third-order valence-electron chi connectivity index (χ3n) is 4.26. The van der Waals surface area contributed by atoms with Crippen molar-refractivity contribution < 1.29 is 13.0 Å². The molecule has 0 aromatic heterocycles. The van der Waals surface area contributed by atoms with Crippen LogP contribution in [0.15, 0.2) is 53.0 Å². The Morgan fingerprint density at radius 3 is 2.35 bits per heavy atom. The monoisotopic (exact) mass is 336 g/mol.